The molecule has 0 aliphatic carbocycles. The first-order chi connectivity index (χ1) is 10.7. The molecule has 1 fully saturated rings. The van der Waals surface area contributed by atoms with Gasteiger partial charge in [0, 0.05) is 38.1 Å². The highest BCUT2D eigenvalue weighted by Crippen LogP contribution is 2.25. The van der Waals surface area contributed by atoms with Crippen molar-refractivity contribution in [2.45, 2.75) is 31.2 Å². The van der Waals surface area contributed by atoms with Crippen LogP contribution in [-0.2, 0) is 17.9 Å². The molecule has 1 aliphatic heterocycles. The van der Waals surface area contributed by atoms with Crippen LogP contribution in [0.2, 0.25) is 0 Å². The lowest BCUT2D eigenvalue weighted by Gasteiger charge is -2.15. The second-order valence-electron chi connectivity index (χ2n) is 5.30. The molecule has 2 N–H and O–H groups in total. The lowest BCUT2D eigenvalue weighted by molar-refractivity contribution is 0.181. The molecule has 1 unspecified atom stereocenters. The van der Waals surface area contributed by atoms with Gasteiger partial charge in [0.15, 0.2) is 5.96 Å². The van der Waals surface area contributed by atoms with Gasteiger partial charge in [-0.3, -0.25) is 4.99 Å². The summed E-state index contributed by atoms with van der Waals surface area (Å²) in [6.45, 7) is 1.82. The number of ether oxygens (including phenoxy) is 1. The number of hydrogen-bond acceptors (Lipinski definition) is 3. The zero-order valence-electron chi connectivity index (χ0n) is 13.6. The van der Waals surface area contributed by atoms with Gasteiger partial charge in [-0.25, -0.2) is 4.39 Å². The fraction of sp³-hybridized carbons (Fsp3) is 0.562. The zero-order chi connectivity index (χ0) is 15.8. The van der Waals surface area contributed by atoms with Crippen LogP contribution in [0.1, 0.15) is 24.0 Å². The Labute approximate surface area is 159 Å². The number of halogens is 2. The Kier molecular flexibility index (Phi) is 9.89. The van der Waals surface area contributed by atoms with Crippen molar-refractivity contribution >= 4 is 41.7 Å². The lowest BCUT2D eigenvalue weighted by atomic mass is 10.1. The monoisotopic (exact) mass is 453 g/mol. The highest BCUT2D eigenvalue weighted by molar-refractivity contribution is 14.0. The standard InChI is InChI=1S/C16H24FN3OS.HI/c1-18-16(20-10-14-4-3-7-22-14)19-9-12-5-6-15(17)13(8-12)11-21-2;/h5-6,8,14H,3-4,7,9-11H2,1-2H3,(H2,18,19,20);1H. The van der Waals surface area contributed by atoms with Crippen LogP contribution >= 0.6 is 35.7 Å². The fourth-order valence-corrected chi connectivity index (χ4v) is 3.63. The summed E-state index contributed by atoms with van der Waals surface area (Å²) < 4.78 is 18.6. The average Bonchev–Trinajstić information content (AvgIpc) is 3.04. The molecule has 1 atom stereocenters. The van der Waals surface area contributed by atoms with Gasteiger partial charge in [0.05, 0.1) is 6.61 Å². The number of nitrogens with zero attached hydrogens (tertiary/aromatic N) is 1. The van der Waals surface area contributed by atoms with E-state index in [4.69, 9.17) is 4.74 Å². The molecule has 1 aromatic carbocycles. The number of guanidine groups is 1. The third-order valence-corrected chi connectivity index (χ3v) is 5.01. The Morgan fingerprint density at radius 2 is 2.26 bits per heavy atom. The highest BCUT2D eigenvalue weighted by atomic mass is 127. The number of nitrogens with one attached hydrogen (secondary N) is 2. The summed E-state index contributed by atoms with van der Waals surface area (Å²) >= 11 is 2.02. The summed E-state index contributed by atoms with van der Waals surface area (Å²) in [7, 11) is 3.33. The van der Waals surface area contributed by atoms with E-state index < -0.39 is 0 Å². The third-order valence-electron chi connectivity index (χ3n) is 3.61. The molecule has 0 saturated carbocycles. The first-order valence-corrected chi connectivity index (χ1v) is 8.60. The normalized spacial score (nSPS) is 17.7. The highest BCUT2D eigenvalue weighted by Gasteiger charge is 2.15. The van der Waals surface area contributed by atoms with Crippen LogP contribution in [0.15, 0.2) is 23.2 Å². The van der Waals surface area contributed by atoms with Gasteiger partial charge in [-0.15, -0.1) is 24.0 Å². The number of methoxy groups -OCH3 is 1. The SMILES string of the molecule is CN=C(NCc1ccc(F)c(COC)c1)NCC1CCCS1.I. The van der Waals surface area contributed by atoms with Gasteiger partial charge in [0.1, 0.15) is 5.82 Å². The van der Waals surface area contributed by atoms with Gasteiger partial charge < -0.3 is 15.4 Å². The molecule has 7 heteroatoms. The van der Waals surface area contributed by atoms with Crippen molar-refractivity contribution in [3.05, 3.63) is 35.1 Å². The van der Waals surface area contributed by atoms with E-state index in [1.54, 1.807) is 20.2 Å². The van der Waals surface area contributed by atoms with Gasteiger partial charge in [-0.1, -0.05) is 6.07 Å². The zero-order valence-corrected chi connectivity index (χ0v) is 16.7. The van der Waals surface area contributed by atoms with Gasteiger partial charge in [-0.2, -0.15) is 11.8 Å². The Bertz CT molecular complexity index is 510. The predicted molar refractivity (Wildman–Crippen MR) is 106 cm³/mol. The average molecular weight is 453 g/mol. The van der Waals surface area contributed by atoms with Crippen molar-refractivity contribution in [3.63, 3.8) is 0 Å². The Balaban J connectivity index is 0.00000264. The molecular formula is C16H25FIN3OS. The smallest absolute Gasteiger partial charge is 0.191 e. The van der Waals surface area contributed by atoms with Crippen LogP contribution < -0.4 is 10.6 Å². The summed E-state index contributed by atoms with van der Waals surface area (Å²) in [5.41, 5.74) is 1.58. The number of aliphatic imine (C=N–C) groups is 1. The molecule has 4 nitrogen and oxygen atoms in total. The molecule has 0 spiro atoms. The fourth-order valence-electron chi connectivity index (χ4n) is 2.43. The molecule has 0 radical (unpaired) electrons. The molecule has 1 heterocycles. The number of thioether (sulfide) groups is 1. The lowest BCUT2D eigenvalue weighted by Crippen LogP contribution is -2.39. The Morgan fingerprint density at radius 1 is 1.43 bits per heavy atom. The minimum absolute atomic E-state index is 0. The van der Waals surface area contributed by atoms with Crippen molar-refractivity contribution in [2.75, 3.05) is 26.5 Å². The summed E-state index contributed by atoms with van der Waals surface area (Å²) in [5.74, 6) is 1.81. The predicted octanol–water partition coefficient (Wildman–Crippen LogP) is 3.15. The molecule has 1 aromatic rings. The molecule has 23 heavy (non-hydrogen) atoms. The summed E-state index contributed by atoms with van der Waals surface area (Å²) in [6, 6.07) is 5.09. The molecule has 1 saturated heterocycles. The number of benzene rings is 1. The Hall–Kier alpha value is -0.540. The van der Waals surface area contributed by atoms with Gasteiger partial charge >= 0.3 is 0 Å². The van der Waals surface area contributed by atoms with Crippen molar-refractivity contribution in [1.29, 1.82) is 0 Å². The summed E-state index contributed by atoms with van der Waals surface area (Å²) in [4.78, 5) is 4.23. The third kappa shape index (κ3) is 6.84. The van der Waals surface area contributed by atoms with E-state index >= 15 is 0 Å². The largest absolute Gasteiger partial charge is 0.380 e. The van der Waals surface area contributed by atoms with Crippen LogP contribution in [0.5, 0.6) is 0 Å². The van der Waals surface area contributed by atoms with Crippen molar-refractivity contribution < 1.29 is 9.13 Å². The van der Waals surface area contributed by atoms with Gasteiger partial charge in [-0.05, 0) is 36.3 Å². The van der Waals surface area contributed by atoms with E-state index in [-0.39, 0.29) is 36.4 Å². The molecule has 0 aromatic heterocycles. The number of hydrogen-bond donors (Lipinski definition) is 2. The second kappa shape index (κ2) is 11.1. The minimum Gasteiger partial charge on any atom is -0.380 e. The second-order valence-corrected chi connectivity index (χ2v) is 6.71. The van der Waals surface area contributed by atoms with Crippen LogP contribution in [0.3, 0.4) is 0 Å². The minimum atomic E-state index is -0.230. The van der Waals surface area contributed by atoms with Crippen LogP contribution in [0.25, 0.3) is 0 Å². The van der Waals surface area contributed by atoms with Crippen molar-refractivity contribution in [2.24, 2.45) is 4.99 Å². The van der Waals surface area contributed by atoms with Gasteiger partial charge in [0.2, 0.25) is 0 Å². The molecule has 1 aliphatic rings. The van der Waals surface area contributed by atoms with Crippen molar-refractivity contribution in [3.8, 4) is 0 Å². The first-order valence-electron chi connectivity index (χ1n) is 7.55. The summed E-state index contributed by atoms with van der Waals surface area (Å²) in [5, 5.41) is 7.30. The maximum Gasteiger partial charge on any atom is 0.191 e. The van der Waals surface area contributed by atoms with E-state index in [1.165, 1.54) is 24.7 Å². The molecule has 0 bridgehead atoms. The van der Waals surface area contributed by atoms with Gasteiger partial charge in [0.25, 0.3) is 0 Å². The first kappa shape index (κ1) is 20.5. The Morgan fingerprint density at radius 3 is 2.91 bits per heavy atom. The van der Waals surface area contributed by atoms with E-state index in [0.29, 0.717) is 17.4 Å². The molecule has 130 valence electrons. The van der Waals surface area contributed by atoms with Crippen molar-refractivity contribution in [1.82, 2.24) is 10.6 Å². The van der Waals surface area contributed by atoms with E-state index in [2.05, 4.69) is 15.6 Å². The van der Waals surface area contributed by atoms with E-state index in [1.807, 2.05) is 17.8 Å². The van der Waals surface area contributed by atoms with Crippen LogP contribution in [0.4, 0.5) is 4.39 Å². The number of rotatable bonds is 6. The van der Waals surface area contributed by atoms with Crippen LogP contribution in [0, 0.1) is 5.82 Å². The maximum atomic E-state index is 13.6. The topological polar surface area (TPSA) is 45.7 Å². The van der Waals surface area contributed by atoms with Crippen LogP contribution in [-0.4, -0.2) is 37.7 Å². The molecule has 0 amide bonds. The molecule has 2 rings (SSSR count). The maximum absolute atomic E-state index is 13.6. The van der Waals surface area contributed by atoms with E-state index in [0.717, 1.165) is 18.1 Å². The summed E-state index contributed by atoms with van der Waals surface area (Å²) in [6.07, 6.45) is 2.58. The molecular weight excluding hydrogens is 428 g/mol. The quantitative estimate of drug-likeness (QED) is 0.395. The van der Waals surface area contributed by atoms with E-state index in [9.17, 15) is 4.39 Å².